The van der Waals surface area contributed by atoms with Crippen LogP contribution in [0.25, 0.3) is 0 Å². The Morgan fingerprint density at radius 2 is 2.08 bits per heavy atom. The highest BCUT2D eigenvalue weighted by molar-refractivity contribution is 7.78. The average Bonchev–Trinajstić information content (AvgIpc) is 2.03. The zero-order valence-electron chi connectivity index (χ0n) is 6.53. The second-order valence-corrected chi connectivity index (χ2v) is 3.37. The number of hydrogen-bond donors (Lipinski definition) is 1. The fraction of sp³-hybridized carbons (Fsp3) is 0.250. The Labute approximate surface area is 73.9 Å². The fourth-order valence-electron chi connectivity index (χ4n) is 0.982. The molecule has 0 aromatic heterocycles. The minimum absolute atomic E-state index is 0.0633. The molecule has 0 radical (unpaired) electrons. The van der Waals surface area contributed by atoms with E-state index in [-0.39, 0.29) is 5.75 Å². The fourth-order valence-corrected chi connectivity index (χ4v) is 1.43. The number of benzene rings is 1. The lowest BCUT2D eigenvalue weighted by molar-refractivity contribution is 0.536. The summed E-state index contributed by atoms with van der Waals surface area (Å²) in [5.74, 6) is 0.0633. The predicted octanol–water partition coefficient (Wildman–Crippen LogP) is 0.524. The van der Waals surface area contributed by atoms with E-state index in [1.807, 2.05) is 12.1 Å². The summed E-state index contributed by atoms with van der Waals surface area (Å²) in [6.07, 6.45) is 0. The van der Waals surface area contributed by atoms with Gasteiger partial charge in [-0.15, -0.1) is 0 Å². The smallest absolute Gasteiger partial charge is 0.0353 e. The lowest BCUT2D eigenvalue weighted by Crippen LogP contribution is -1.98. The number of nitrogens with two attached hydrogens (primary N) is 1. The molecule has 0 fully saturated rings. The first-order valence-electron chi connectivity index (χ1n) is 3.56. The molecule has 0 spiro atoms. The lowest BCUT2D eigenvalue weighted by Gasteiger charge is -2.05. The van der Waals surface area contributed by atoms with Gasteiger partial charge in [0.05, 0.1) is 0 Å². The Hall–Kier alpha value is -0.710. The Bertz CT molecular complexity index is 288. The van der Waals surface area contributed by atoms with E-state index in [1.165, 1.54) is 0 Å². The van der Waals surface area contributed by atoms with Crippen molar-refractivity contribution in [1.82, 2.24) is 0 Å². The molecule has 12 heavy (non-hydrogen) atoms. The van der Waals surface area contributed by atoms with E-state index in [4.69, 9.17) is 5.73 Å². The third kappa shape index (κ3) is 2.73. The summed E-state index contributed by atoms with van der Waals surface area (Å²) >= 11 is -2.02. The Balaban J connectivity index is 2.79. The van der Waals surface area contributed by atoms with Gasteiger partial charge in [-0.1, -0.05) is 35.3 Å². The molecule has 1 rings (SSSR count). The maximum absolute atomic E-state index is 10.3. The summed E-state index contributed by atoms with van der Waals surface area (Å²) in [5.41, 5.74) is 7.14. The molecule has 0 aliphatic heterocycles. The van der Waals surface area contributed by atoms with Crippen LogP contribution in [0.1, 0.15) is 11.1 Å². The van der Waals surface area contributed by atoms with Crippen LogP contribution in [0.5, 0.6) is 0 Å². The molecular formula is C8H10NO2S-. The normalized spacial score (nSPS) is 12.8. The first kappa shape index (κ1) is 9.38. The van der Waals surface area contributed by atoms with Gasteiger partial charge in [0.2, 0.25) is 0 Å². The van der Waals surface area contributed by atoms with Crippen molar-refractivity contribution in [3.63, 3.8) is 0 Å². The summed E-state index contributed by atoms with van der Waals surface area (Å²) in [5, 5.41) is 0. The van der Waals surface area contributed by atoms with Crippen LogP contribution < -0.4 is 5.73 Å². The van der Waals surface area contributed by atoms with E-state index in [0.29, 0.717) is 6.54 Å². The molecule has 0 aliphatic rings. The van der Waals surface area contributed by atoms with Gasteiger partial charge in [0, 0.05) is 12.3 Å². The van der Waals surface area contributed by atoms with Crippen LogP contribution >= 0.6 is 0 Å². The SMILES string of the molecule is NCc1cccc(CS(=O)[O-])c1. The molecule has 0 aliphatic carbocycles. The molecule has 1 unspecified atom stereocenters. The summed E-state index contributed by atoms with van der Waals surface area (Å²) < 4.78 is 20.7. The maximum Gasteiger partial charge on any atom is 0.0353 e. The Morgan fingerprint density at radius 1 is 1.42 bits per heavy atom. The van der Waals surface area contributed by atoms with Crippen LogP contribution in [0.15, 0.2) is 24.3 Å². The van der Waals surface area contributed by atoms with E-state index in [2.05, 4.69) is 0 Å². The number of hydrogen-bond acceptors (Lipinski definition) is 3. The van der Waals surface area contributed by atoms with Crippen molar-refractivity contribution in [1.29, 1.82) is 0 Å². The van der Waals surface area contributed by atoms with Crippen LogP contribution in [0.3, 0.4) is 0 Å². The topological polar surface area (TPSA) is 66.2 Å². The summed E-state index contributed by atoms with van der Waals surface area (Å²) in [6.45, 7) is 0.444. The average molecular weight is 184 g/mol. The largest absolute Gasteiger partial charge is 0.772 e. The van der Waals surface area contributed by atoms with Crippen molar-refractivity contribution in [3.05, 3.63) is 35.4 Å². The summed E-state index contributed by atoms with van der Waals surface area (Å²) in [4.78, 5) is 0. The van der Waals surface area contributed by atoms with Crippen molar-refractivity contribution in [2.24, 2.45) is 5.73 Å². The van der Waals surface area contributed by atoms with Crippen LogP contribution in [0.2, 0.25) is 0 Å². The van der Waals surface area contributed by atoms with E-state index in [9.17, 15) is 8.76 Å². The van der Waals surface area contributed by atoms with Gasteiger partial charge in [-0.25, -0.2) is 0 Å². The molecule has 0 heterocycles. The molecule has 0 saturated carbocycles. The highest BCUT2D eigenvalue weighted by Gasteiger charge is 1.93. The van der Waals surface area contributed by atoms with Gasteiger partial charge in [0.15, 0.2) is 0 Å². The Morgan fingerprint density at radius 3 is 2.67 bits per heavy atom. The highest BCUT2D eigenvalue weighted by atomic mass is 32.2. The van der Waals surface area contributed by atoms with Crippen molar-refractivity contribution in [2.75, 3.05) is 0 Å². The monoisotopic (exact) mass is 184 g/mol. The van der Waals surface area contributed by atoms with Crippen molar-refractivity contribution < 1.29 is 8.76 Å². The third-order valence-corrected chi connectivity index (χ3v) is 2.08. The zero-order valence-corrected chi connectivity index (χ0v) is 7.34. The predicted molar refractivity (Wildman–Crippen MR) is 47.0 cm³/mol. The molecular weight excluding hydrogens is 174 g/mol. The van der Waals surface area contributed by atoms with E-state index in [1.54, 1.807) is 12.1 Å². The zero-order chi connectivity index (χ0) is 8.97. The quantitative estimate of drug-likeness (QED) is 0.696. The molecule has 3 nitrogen and oxygen atoms in total. The van der Waals surface area contributed by atoms with Gasteiger partial charge < -0.3 is 10.3 Å². The van der Waals surface area contributed by atoms with Gasteiger partial charge in [-0.2, -0.15) is 0 Å². The van der Waals surface area contributed by atoms with Gasteiger partial charge in [0.1, 0.15) is 0 Å². The highest BCUT2D eigenvalue weighted by Crippen LogP contribution is 2.06. The van der Waals surface area contributed by atoms with E-state index >= 15 is 0 Å². The minimum atomic E-state index is -2.02. The first-order chi connectivity index (χ1) is 5.72. The second kappa shape index (κ2) is 4.35. The maximum atomic E-state index is 10.3. The Kier molecular flexibility index (Phi) is 3.40. The lowest BCUT2D eigenvalue weighted by atomic mass is 10.1. The second-order valence-electron chi connectivity index (χ2n) is 2.47. The minimum Gasteiger partial charge on any atom is -0.772 e. The van der Waals surface area contributed by atoms with Gasteiger partial charge in [-0.3, -0.25) is 4.21 Å². The van der Waals surface area contributed by atoms with E-state index < -0.39 is 11.1 Å². The van der Waals surface area contributed by atoms with Crippen molar-refractivity contribution in [3.8, 4) is 0 Å². The molecule has 0 bridgehead atoms. The van der Waals surface area contributed by atoms with Crippen LogP contribution in [0.4, 0.5) is 0 Å². The molecule has 4 heteroatoms. The molecule has 0 amide bonds. The third-order valence-electron chi connectivity index (χ3n) is 1.51. The molecule has 1 atom stereocenters. The van der Waals surface area contributed by atoms with Gasteiger partial charge in [0.25, 0.3) is 0 Å². The van der Waals surface area contributed by atoms with Gasteiger partial charge >= 0.3 is 0 Å². The standard InChI is InChI=1S/C8H11NO2S/c9-5-7-2-1-3-8(4-7)6-12(10)11/h1-4H,5-6,9H2,(H,10,11)/p-1. The number of rotatable bonds is 3. The van der Waals surface area contributed by atoms with Crippen LogP contribution in [-0.4, -0.2) is 8.76 Å². The molecule has 1 aromatic carbocycles. The first-order valence-corrected chi connectivity index (χ1v) is 4.80. The molecule has 2 N–H and O–H groups in total. The van der Waals surface area contributed by atoms with Crippen molar-refractivity contribution in [2.45, 2.75) is 12.3 Å². The van der Waals surface area contributed by atoms with Crippen LogP contribution in [0, 0.1) is 0 Å². The van der Waals surface area contributed by atoms with E-state index in [0.717, 1.165) is 11.1 Å². The van der Waals surface area contributed by atoms with Crippen molar-refractivity contribution >= 4 is 11.1 Å². The van der Waals surface area contributed by atoms with Gasteiger partial charge in [-0.05, 0) is 11.1 Å². The van der Waals surface area contributed by atoms with Crippen LogP contribution in [-0.2, 0) is 23.4 Å². The summed E-state index contributed by atoms with van der Waals surface area (Å²) in [7, 11) is 0. The molecule has 0 saturated heterocycles. The molecule has 66 valence electrons. The summed E-state index contributed by atoms with van der Waals surface area (Å²) in [6, 6.07) is 7.26. The molecule has 1 aromatic rings.